The van der Waals surface area contributed by atoms with Crippen LogP contribution in [0.2, 0.25) is 5.02 Å². The average Bonchev–Trinajstić information content (AvgIpc) is 2.70. The molecule has 0 bridgehead atoms. The molecule has 150 valence electrons. The van der Waals surface area contributed by atoms with Gasteiger partial charge in [0.25, 0.3) is 5.91 Å². The quantitative estimate of drug-likeness (QED) is 0.605. The highest BCUT2D eigenvalue weighted by Gasteiger charge is 2.18. The van der Waals surface area contributed by atoms with Crippen LogP contribution in [-0.2, 0) is 16.1 Å². The topological polar surface area (TPSA) is 73.9 Å². The fraction of sp³-hybridized carbons (Fsp3) is 0.333. The van der Waals surface area contributed by atoms with Gasteiger partial charge in [0.2, 0.25) is 0 Å². The second-order valence-electron chi connectivity index (χ2n) is 5.91. The Morgan fingerprint density at radius 2 is 1.82 bits per heavy atom. The van der Waals surface area contributed by atoms with E-state index in [1.807, 2.05) is 44.2 Å². The lowest BCUT2D eigenvalue weighted by Gasteiger charge is -2.14. The monoisotopic (exact) mass is 405 g/mol. The molecule has 0 aromatic heterocycles. The predicted molar refractivity (Wildman–Crippen MR) is 107 cm³/mol. The molecule has 1 amide bonds. The van der Waals surface area contributed by atoms with E-state index in [9.17, 15) is 9.59 Å². The van der Waals surface area contributed by atoms with Crippen molar-refractivity contribution in [3.8, 4) is 11.5 Å². The third kappa shape index (κ3) is 6.46. The van der Waals surface area contributed by atoms with Crippen LogP contribution in [0.3, 0.4) is 0 Å². The van der Waals surface area contributed by atoms with Crippen LogP contribution in [0.25, 0.3) is 0 Å². The maximum absolute atomic E-state index is 12.3. The van der Waals surface area contributed by atoms with E-state index in [1.54, 1.807) is 0 Å². The summed E-state index contributed by atoms with van der Waals surface area (Å²) < 4.78 is 16.2. The van der Waals surface area contributed by atoms with Gasteiger partial charge in [0.15, 0.2) is 18.1 Å². The molecule has 0 spiro atoms. The Labute approximate surface area is 169 Å². The van der Waals surface area contributed by atoms with Crippen molar-refractivity contribution >= 4 is 23.5 Å². The van der Waals surface area contributed by atoms with Crippen LogP contribution < -0.4 is 14.8 Å². The Morgan fingerprint density at radius 3 is 2.50 bits per heavy atom. The molecule has 2 aromatic carbocycles. The maximum atomic E-state index is 12.3. The third-order valence-corrected chi connectivity index (χ3v) is 3.94. The van der Waals surface area contributed by atoms with Crippen LogP contribution >= 0.6 is 11.6 Å². The number of esters is 1. The van der Waals surface area contributed by atoms with Crippen molar-refractivity contribution in [2.24, 2.45) is 0 Å². The van der Waals surface area contributed by atoms with Gasteiger partial charge in [0, 0.05) is 6.54 Å². The summed E-state index contributed by atoms with van der Waals surface area (Å²) in [6.45, 7) is 4.63. The molecule has 28 heavy (non-hydrogen) atoms. The first-order valence-corrected chi connectivity index (χ1v) is 9.49. The SMILES string of the molecule is CCCOc1c(Cl)cc(C(=O)OCC(=O)NCc2ccccc2)cc1OCC. The first kappa shape index (κ1) is 21.6. The van der Waals surface area contributed by atoms with Gasteiger partial charge in [-0.3, -0.25) is 4.79 Å². The van der Waals surface area contributed by atoms with E-state index in [0.29, 0.717) is 31.3 Å². The summed E-state index contributed by atoms with van der Waals surface area (Å²) in [6.07, 6.45) is 0.809. The lowest BCUT2D eigenvalue weighted by molar-refractivity contribution is -0.124. The van der Waals surface area contributed by atoms with Gasteiger partial charge in [-0.05, 0) is 31.0 Å². The molecule has 1 N–H and O–H groups in total. The molecule has 7 heteroatoms. The van der Waals surface area contributed by atoms with Crippen LogP contribution in [0.1, 0.15) is 36.2 Å². The Bertz CT molecular complexity index is 795. The number of halogens is 1. The first-order valence-electron chi connectivity index (χ1n) is 9.12. The van der Waals surface area contributed by atoms with Gasteiger partial charge in [0.05, 0.1) is 23.8 Å². The van der Waals surface area contributed by atoms with Crippen LogP contribution in [0.4, 0.5) is 0 Å². The minimum Gasteiger partial charge on any atom is -0.490 e. The standard InChI is InChI=1S/C21H24ClNO5/c1-3-10-27-20-17(22)11-16(12-18(20)26-4-2)21(25)28-14-19(24)23-13-15-8-6-5-7-9-15/h5-9,11-12H,3-4,10,13-14H2,1-2H3,(H,23,24). The number of ether oxygens (including phenoxy) is 3. The second kappa shape index (κ2) is 11.2. The molecule has 2 rings (SSSR count). The summed E-state index contributed by atoms with van der Waals surface area (Å²) in [5, 5.41) is 2.94. The van der Waals surface area contributed by atoms with Crippen molar-refractivity contribution < 1.29 is 23.8 Å². The molecule has 0 saturated carbocycles. The number of amides is 1. The largest absolute Gasteiger partial charge is 0.490 e. The van der Waals surface area contributed by atoms with Crippen molar-refractivity contribution in [2.75, 3.05) is 19.8 Å². The van der Waals surface area contributed by atoms with Crippen LogP contribution in [0.15, 0.2) is 42.5 Å². The van der Waals surface area contributed by atoms with Gasteiger partial charge in [0.1, 0.15) is 0 Å². The molecule has 0 aliphatic carbocycles. The number of carbonyl (C=O) groups excluding carboxylic acids is 2. The molecule has 2 aromatic rings. The van der Waals surface area contributed by atoms with E-state index in [4.69, 9.17) is 25.8 Å². The van der Waals surface area contributed by atoms with Crippen molar-refractivity contribution in [3.05, 3.63) is 58.6 Å². The number of benzene rings is 2. The van der Waals surface area contributed by atoms with E-state index in [1.165, 1.54) is 12.1 Å². The fourth-order valence-corrected chi connectivity index (χ4v) is 2.62. The number of hydrogen-bond donors (Lipinski definition) is 1. The number of nitrogens with one attached hydrogen (secondary N) is 1. The van der Waals surface area contributed by atoms with Crippen molar-refractivity contribution in [3.63, 3.8) is 0 Å². The Balaban J connectivity index is 1.96. The fourth-order valence-electron chi connectivity index (χ4n) is 2.35. The van der Waals surface area contributed by atoms with Crippen molar-refractivity contribution in [1.29, 1.82) is 0 Å². The van der Waals surface area contributed by atoms with E-state index in [0.717, 1.165) is 12.0 Å². The number of rotatable bonds is 10. The van der Waals surface area contributed by atoms with Gasteiger partial charge >= 0.3 is 5.97 Å². The Kier molecular flexibility index (Phi) is 8.62. The van der Waals surface area contributed by atoms with Crippen molar-refractivity contribution in [1.82, 2.24) is 5.32 Å². The molecule has 0 radical (unpaired) electrons. The lowest BCUT2D eigenvalue weighted by atomic mass is 10.2. The van der Waals surface area contributed by atoms with Gasteiger partial charge in [-0.25, -0.2) is 4.79 Å². The van der Waals surface area contributed by atoms with Crippen molar-refractivity contribution in [2.45, 2.75) is 26.8 Å². The molecule has 0 unspecified atom stereocenters. The van der Waals surface area contributed by atoms with E-state index < -0.39 is 11.9 Å². The molecule has 0 heterocycles. The van der Waals surface area contributed by atoms with Gasteiger partial charge < -0.3 is 19.5 Å². The summed E-state index contributed by atoms with van der Waals surface area (Å²) in [5.74, 6) is -0.303. The zero-order chi connectivity index (χ0) is 20.4. The molecule has 0 aliphatic rings. The lowest BCUT2D eigenvalue weighted by Crippen LogP contribution is -2.28. The second-order valence-corrected chi connectivity index (χ2v) is 6.31. The van der Waals surface area contributed by atoms with Crippen LogP contribution in [0.5, 0.6) is 11.5 Å². The average molecular weight is 406 g/mol. The predicted octanol–water partition coefficient (Wildman–Crippen LogP) is 4.00. The highest BCUT2D eigenvalue weighted by atomic mass is 35.5. The normalized spacial score (nSPS) is 10.2. The molecule has 0 atom stereocenters. The van der Waals surface area contributed by atoms with Crippen LogP contribution in [0, 0.1) is 0 Å². The summed E-state index contributed by atoms with van der Waals surface area (Å²) in [6, 6.07) is 12.4. The van der Waals surface area contributed by atoms with Gasteiger partial charge in [-0.15, -0.1) is 0 Å². The zero-order valence-electron chi connectivity index (χ0n) is 16.0. The summed E-state index contributed by atoms with van der Waals surface area (Å²) in [4.78, 5) is 24.2. The summed E-state index contributed by atoms with van der Waals surface area (Å²) in [5.41, 5.74) is 1.14. The smallest absolute Gasteiger partial charge is 0.338 e. The highest BCUT2D eigenvalue weighted by molar-refractivity contribution is 6.32. The van der Waals surface area contributed by atoms with Crippen LogP contribution in [-0.4, -0.2) is 31.7 Å². The Morgan fingerprint density at radius 1 is 1.07 bits per heavy atom. The molecule has 0 saturated heterocycles. The summed E-state index contributed by atoms with van der Waals surface area (Å²) in [7, 11) is 0. The van der Waals surface area contributed by atoms with E-state index in [2.05, 4.69) is 5.32 Å². The zero-order valence-corrected chi connectivity index (χ0v) is 16.8. The highest BCUT2D eigenvalue weighted by Crippen LogP contribution is 2.37. The minimum absolute atomic E-state index is 0.188. The van der Waals surface area contributed by atoms with E-state index in [-0.39, 0.29) is 17.2 Å². The summed E-state index contributed by atoms with van der Waals surface area (Å²) >= 11 is 6.24. The Hall–Kier alpha value is -2.73. The number of carbonyl (C=O) groups is 2. The number of hydrogen-bond acceptors (Lipinski definition) is 5. The molecular formula is C21H24ClNO5. The molecule has 0 aliphatic heterocycles. The minimum atomic E-state index is -0.667. The molecule has 6 nitrogen and oxygen atoms in total. The van der Waals surface area contributed by atoms with E-state index >= 15 is 0 Å². The maximum Gasteiger partial charge on any atom is 0.338 e. The van der Waals surface area contributed by atoms with Gasteiger partial charge in [-0.1, -0.05) is 48.9 Å². The van der Waals surface area contributed by atoms with Gasteiger partial charge in [-0.2, -0.15) is 0 Å². The molecule has 0 fully saturated rings. The third-order valence-electron chi connectivity index (χ3n) is 3.66. The molecular weight excluding hydrogens is 382 g/mol. The first-order chi connectivity index (χ1) is 13.5.